The Bertz CT molecular complexity index is 401. The highest BCUT2D eigenvalue weighted by Gasteiger charge is 2.22. The summed E-state index contributed by atoms with van der Waals surface area (Å²) in [7, 11) is 2.09. The molecule has 0 spiro atoms. The van der Waals surface area contributed by atoms with E-state index in [0.29, 0.717) is 11.4 Å². The van der Waals surface area contributed by atoms with Crippen LogP contribution >= 0.6 is 11.6 Å². The molecule has 17 heavy (non-hydrogen) atoms. The maximum absolute atomic E-state index is 11.9. The van der Waals surface area contributed by atoms with Crippen molar-refractivity contribution in [2.45, 2.75) is 19.3 Å². The van der Waals surface area contributed by atoms with Crippen molar-refractivity contribution in [3.05, 3.63) is 34.9 Å². The lowest BCUT2D eigenvalue weighted by molar-refractivity contribution is 0.0968. The molecule has 0 radical (unpaired) electrons. The Morgan fingerprint density at radius 1 is 1.47 bits per heavy atom. The van der Waals surface area contributed by atoms with Crippen molar-refractivity contribution < 1.29 is 4.79 Å². The Kier molecular flexibility index (Phi) is 4.19. The van der Waals surface area contributed by atoms with E-state index < -0.39 is 0 Å². The second-order valence-corrected chi connectivity index (χ2v) is 5.33. The molecule has 0 N–H and O–H groups in total. The van der Waals surface area contributed by atoms with Crippen LogP contribution in [0.2, 0.25) is 5.02 Å². The van der Waals surface area contributed by atoms with Gasteiger partial charge in [0.1, 0.15) is 0 Å². The number of hydrogen-bond donors (Lipinski definition) is 0. The predicted octanol–water partition coefficient (Wildman–Crippen LogP) is 3.25. The lowest BCUT2D eigenvalue weighted by Crippen LogP contribution is -2.24. The monoisotopic (exact) mass is 251 g/mol. The van der Waals surface area contributed by atoms with Crippen molar-refractivity contribution in [1.82, 2.24) is 4.90 Å². The predicted molar refractivity (Wildman–Crippen MR) is 70.6 cm³/mol. The molecule has 0 saturated heterocycles. The van der Waals surface area contributed by atoms with Gasteiger partial charge in [-0.1, -0.05) is 23.7 Å². The van der Waals surface area contributed by atoms with Gasteiger partial charge in [-0.05, 0) is 37.9 Å². The maximum atomic E-state index is 11.9. The number of benzene rings is 1. The van der Waals surface area contributed by atoms with E-state index in [2.05, 4.69) is 11.9 Å². The molecule has 1 fully saturated rings. The van der Waals surface area contributed by atoms with E-state index in [1.807, 2.05) is 12.1 Å². The molecule has 0 unspecified atom stereocenters. The van der Waals surface area contributed by atoms with Crippen molar-refractivity contribution in [2.24, 2.45) is 5.92 Å². The van der Waals surface area contributed by atoms with Crippen LogP contribution in [0.1, 0.15) is 29.6 Å². The van der Waals surface area contributed by atoms with Crippen LogP contribution in [-0.2, 0) is 0 Å². The Balaban J connectivity index is 1.79. The Morgan fingerprint density at radius 3 is 2.88 bits per heavy atom. The molecule has 92 valence electrons. The smallest absolute Gasteiger partial charge is 0.164 e. The zero-order valence-corrected chi connectivity index (χ0v) is 10.9. The van der Waals surface area contributed by atoms with E-state index >= 15 is 0 Å². The van der Waals surface area contributed by atoms with Gasteiger partial charge in [-0.2, -0.15) is 0 Å². The van der Waals surface area contributed by atoms with E-state index in [9.17, 15) is 4.79 Å². The van der Waals surface area contributed by atoms with Gasteiger partial charge in [0.05, 0.1) is 0 Å². The van der Waals surface area contributed by atoms with E-state index in [1.165, 1.54) is 12.8 Å². The largest absolute Gasteiger partial charge is 0.306 e. The zero-order chi connectivity index (χ0) is 12.3. The van der Waals surface area contributed by atoms with E-state index in [4.69, 9.17) is 11.6 Å². The lowest BCUT2D eigenvalue weighted by Gasteiger charge is -2.15. The Hall–Kier alpha value is -0.860. The summed E-state index contributed by atoms with van der Waals surface area (Å²) in [6.45, 7) is 1.96. The third-order valence-electron chi connectivity index (χ3n) is 3.13. The van der Waals surface area contributed by atoms with E-state index in [1.54, 1.807) is 12.1 Å². The molecule has 0 bridgehead atoms. The molecule has 1 aliphatic carbocycles. The standard InChI is InChI=1S/C14H18ClNO/c1-16(10-11-5-6-11)8-7-14(17)12-3-2-4-13(15)9-12/h2-4,9,11H,5-8,10H2,1H3. The Morgan fingerprint density at radius 2 is 2.24 bits per heavy atom. The van der Waals surface area contributed by atoms with Gasteiger partial charge in [-0.25, -0.2) is 0 Å². The third kappa shape index (κ3) is 4.14. The molecule has 1 aliphatic rings. The fraction of sp³-hybridized carbons (Fsp3) is 0.500. The zero-order valence-electron chi connectivity index (χ0n) is 10.2. The number of ketones is 1. The molecular formula is C14H18ClNO. The van der Waals surface area contributed by atoms with Crippen LogP contribution in [0.25, 0.3) is 0 Å². The number of halogens is 1. The first-order chi connectivity index (χ1) is 8.15. The minimum absolute atomic E-state index is 0.176. The first-order valence-corrected chi connectivity index (χ1v) is 6.50. The number of rotatable bonds is 6. The fourth-order valence-corrected chi connectivity index (χ4v) is 2.12. The van der Waals surface area contributed by atoms with Gasteiger partial charge in [0, 0.05) is 30.1 Å². The van der Waals surface area contributed by atoms with Crippen LogP contribution in [0.15, 0.2) is 24.3 Å². The molecule has 0 atom stereocenters. The summed E-state index contributed by atoms with van der Waals surface area (Å²) < 4.78 is 0. The lowest BCUT2D eigenvalue weighted by atomic mass is 10.1. The molecule has 1 aromatic carbocycles. The van der Waals surface area contributed by atoms with Crippen LogP contribution in [0, 0.1) is 5.92 Å². The Labute approximate surface area is 108 Å². The number of hydrogen-bond acceptors (Lipinski definition) is 2. The van der Waals surface area contributed by atoms with Crippen LogP contribution in [0.3, 0.4) is 0 Å². The van der Waals surface area contributed by atoms with Gasteiger partial charge < -0.3 is 4.90 Å². The maximum Gasteiger partial charge on any atom is 0.164 e. The average Bonchev–Trinajstić information content (AvgIpc) is 3.10. The van der Waals surface area contributed by atoms with Crippen LogP contribution in [0.4, 0.5) is 0 Å². The molecular weight excluding hydrogens is 234 g/mol. The normalized spacial score (nSPS) is 15.2. The number of nitrogens with zero attached hydrogens (tertiary/aromatic N) is 1. The van der Waals surface area contributed by atoms with Crippen LogP contribution in [-0.4, -0.2) is 30.8 Å². The SMILES string of the molecule is CN(CCC(=O)c1cccc(Cl)c1)CC1CC1. The minimum Gasteiger partial charge on any atom is -0.306 e. The molecule has 2 nitrogen and oxygen atoms in total. The minimum atomic E-state index is 0.176. The summed E-state index contributed by atoms with van der Waals surface area (Å²) in [5.41, 5.74) is 0.720. The van der Waals surface area contributed by atoms with E-state index in [0.717, 1.165) is 24.6 Å². The summed E-state index contributed by atoms with van der Waals surface area (Å²) in [6.07, 6.45) is 3.28. The second-order valence-electron chi connectivity index (χ2n) is 4.89. The molecule has 0 amide bonds. The van der Waals surface area contributed by atoms with Gasteiger partial charge in [0.2, 0.25) is 0 Å². The summed E-state index contributed by atoms with van der Waals surface area (Å²) in [5, 5.41) is 0.627. The summed E-state index contributed by atoms with van der Waals surface area (Å²) in [6, 6.07) is 7.18. The molecule has 1 saturated carbocycles. The molecule has 2 rings (SSSR count). The molecule has 1 aromatic rings. The summed E-state index contributed by atoms with van der Waals surface area (Å²) >= 11 is 5.87. The first kappa shape index (κ1) is 12.6. The quantitative estimate of drug-likeness (QED) is 0.724. The van der Waals surface area contributed by atoms with Gasteiger partial charge in [0.15, 0.2) is 5.78 Å². The van der Waals surface area contributed by atoms with Gasteiger partial charge in [0.25, 0.3) is 0 Å². The van der Waals surface area contributed by atoms with Crippen LogP contribution < -0.4 is 0 Å². The van der Waals surface area contributed by atoms with Gasteiger partial charge >= 0.3 is 0 Å². The van der Waals surface area contributed by atoms with Gasteiger partial charge in [-0.15, -0.1) is 0 Å². The molecule has 0 aromatic heterocycles. The average molecular weight is 252 g/mol. The highest BCUT2D eigenvalue weighted by atomic mass is 35.5. The highest BCUT2D eigenvalue weighted by molar-refractivity contribution is 6.31. The molecule has 3 heteroatoms. The van der Waals surface area contributed by atoms with Crippen molar-refractivity contribution in [3.8, 4) is 0 Å². The second kappa shape index (κ2) is 5.65. The number of carbonyl (C=O) groups excluding carboxylic acids is 1. The van der Waals surface area contributed by atoms with Crippen molar-refractivity contribution in [1.29, 1.82) is 0 Å². The van der Waals surface area contributed by atoms with Gasteiger partial charge in [-0.3, -0.25) is 4.79 Å². The van der Waals surface area contributed by atoms with Crippen molar-refractivity contribution >= 4 is 17.4 Å². The molecule has 0 aliphatic heterocycles. The summed E-state index contributed by atoms with van der Waals surface area (Å²) in [5.74, 6) is 1.05. The topological polar surface area (TPSA) is 20.3 Å². The van der Waals surface area contributed by atoms with Crippen molar-refractivity contribution in [3.63, 3.8) is 0 Å². The number of Topliss-reactive ketones (excluding diaryl/α,β-unsaturated/α-hetero) is 1. The molecule has 0 heterocycles. The van der Waals surface area contributed by atoms with Crippen molar-refractivity contribution in [2.75, 3.05) is 20.1 Å². The van der Waals surface area contributed by atoms with E-state index in [-0.39, 0.29) is 5.78 Å². The first-order valence-electron chi connectivity index (χ1n) is 6.12. The fourth-order valence-electron chi connectivity index (χ4n) is 1.93. The van der Waals surface area contributed by atoms with Crippen LogP contribution in [0.5, 0.6) is 0 Å². The highest BCUT2D eigenvalue weighted by Crippen LogP contribution is 2.29. The number of carbonyl (C=O) groups is 1. The summed E-state index contributed by atoms with van der Waals surface area (Å²) in [4.78, 5) is 14.2. The third-order valence-corrected chi connectivity index (χ3v) is 3.37.